The van der Waals surface area contributed by atoms with E-state index in [-0.39, 0.29) is 12.5 Å². The molecule has 10 heteroatoms. The van der Waals surface area contributed by atoms with E-state index >= 15 is 0 Å². The fourth-order valence-electron chi connectivity index (χ4n) is 2.46. The number of benzene rings is 1. The molecule has 1 amide bonds. The minimum absolute atomic E-state index is 0.108. The molecule has 0 atom stereocenters. The minimum Gasteiger partial charge on any atom is -0.369 e. The van der Waals surface area contributed by atoms with Crippen LogP contribution in [0.25, 0.3) is 0 Å². The van der Waals surface area contributed by atoms with Gasteiger partial charge in [0.25, 0.3) is 0 Å². The predicted molar refractivity (Wildman–Crippen MR) is 113 cm³/mol. The van der Waals surface area contributed by atoms with Crippen LogP contribution in [-0.2, 0) is 11.2 Å². The number of amides is 1. The van der Waals surface area contributed by atoms with Gasteiger partial charge in [-0.15, -0.1) is 0 Å². The van der Waals surface area contributed by atoms with E-state index in [9.17, 15) is 4.79 Å². The normalized spacial score (nSPS) is 10.5. The number of hydrogen-bond donors (Lipinski definition) is 5. The first-order chi connectivity index (χ1) is 13.6. The van der Waals surface area contributed by atoms with Gasteiger partial charge in [0, 0.05) is 42.4 Å². The van der Waals surface area contributed by atoms with Gasteiger partial charge in [-0.3, -0.25) is 4.79 Å². The van der Waals surface area contributed by atoms with Crippen molar-refractivity contribution in [2.45, 2.75) is 6.42 Å². The molecule has 2 heterocycles. The van der Waals surface area contributed by atoms with Crippen LogP contribution in [0, 0.1) is 0 Å². The zero-order valence-corrected chi connectivity index (χ0v) is 16.9. The molecule has 146 valence electrons. The highest BCUT2D eigenvalue weighted by Gasteiger charge is 2.07. The molecule has 0 saturated carbocycles. The molecule has 0 bridgehead atoms. The van der Waals surface area contributed by atoms with Gasteiger partial charge < -0.3 is 26.3 Å². The number of imidazole rings is 1. The lowest BCUT2D eigenvalue weighted by Crippen LogP contribution is -2.25. The smallest absolute Gasteiger partial charge is 0.238 e. The Hall–Kier alpha value is -2.98. The van der Waals surface area contributed by atoms with Crippen LogP contribution in [0.3, 0.4) is 0 Å². The molecule has 1 aromatic carbocycles. The largest absolute Gasteiger partial charge is 0.369 e. The van der Waals surface area contributed by atoms with Gasteiger partial charge in [-0.05, 0) is 41.2 Å². The number of carbonyl (C=O) groups is 1. The van der Waals surface area contributed by atoms with Crippen molar-refractivity contribution >= 4 is 45.0 Å². The fourth-order valence-corrected chi connectivity index (χ4v) is 2.79. The Bertz CT molecular complexity index is 916. The van der Waals surface area contributed by atoms with Crippen LogP contribution < -0.4 is 21.3 Å². The van der Waals surface area contributed by atoms with E-state index in [2.05, 4.69) is 57.1 Å². The van der Waals surface area contributed by atoms with E-state index in [1.807, 2.05) is 24.3 Å². The van der Waals surface area contributed by atoms with Crippen molar-refractivity contribution in [3.8, 4) is 0 Å². The molecule has 2 aromatic heterocycles. The highest BCUT2D eigenvalue weighted by molar-refractivity contribution is 9.10. The van der Waals surface area contributed by atoms with Gasteiger partial charge in [0.1, 0.15) is 5.82 Å². The molecule has 0 saturated heterocycles. The molecule has 0 fully saturated rings. The van der Waals surface area contributed by atoms with Crippen LogP contribution in [0.5, 0.6) is 0 Å². The van der Waals surface area contributed by atoms with Gasteiger partial charge in [-0.2, -0.15) is 4.98 Å². The summed E-state index contributed by atoms with van der Waals surface area (Å²) in [5.74, 6) is 1.03. The van der Waals surface area contributed by atoms with Gasteiger partial charge in [0.15, 0.2) is 0 Å². The molecular formula is C18H21BrN8O. The van der Waals surface area contributed by atoms with E-state index in [0.717, 1.165) is 22.3 Å². The summed E-state index contributed by atoms with van der Waals surface area (Å²) in [6, 6.07) is 7.37. The van der Waals surface area contributed by atoms with Gasteiger partial charge in [0.2, 0.25) is 11.9 Å². The van der Waals surface area contributed by atoms with Crippen molar-refractivity contribution in [2.24, 2.45) is 0 Å². The van der Waals surface area contributed by atoms with E-state index in [1.165, 1.54) is 0 Å². The Morgan fingerprint density at radius 2 is 2.11 bits per heavy atom. The summed E-state index contributed by atoms with van der Waals surface area (Å²) in [7, 11) is 1.73. The molecule has 3 aromatic rings. The SMILES string of the molecule is CNCC(=O)Nc1cccc(Nc2ncc(Br)c(NCCc3cnc[nH]3)n2)c1. The van der Waals surface area contributed by atoms with Crippen molar-refractivity contribution in [1.82, 2.24) is 25.3 Å². The Morgan fingerprint density at radius 3 is 2.89 bits per heavy atom. The number of anilines is 4. The number of carbonyl (C=O) groups excluding carboxylic acids is 1. The number of aromatic amines is 1. The molecule has 0 aliphatic heterocycles. The van der Waals surface area contributed by atoms with Crippen LogP contribution >= 0.6 is 15.9 Å². The van der Waals surface area contributed by atoms with Crippen molar-refractivity contribution in [3.63, 3.8) is 0 Å². The summed E-state index contributed by atoms with van der Waals surface area (Å²) in [5, 5.41) is 12.1. The monoisotopic (exact) mass is 444 g/mol. The number of nitrogens with zero attached hydrogens (tertiary/aromatic N) is 3. The molecule has 3 rings (SSSR count). The van der Waals surface area contributed by atoms with E-state index in [1.54, 1.807) is 25.8 Å². The third-order valence-corrected chi connectivity index (χ3v) is 4.31. The van der Waals surface area contributed by atoms with Crippen molar-refractivity contribution in [3.05, 3.63) is 53.2 Å². The van der Waals surface area contributed by atoms with E-state index < -0.39 is 0 Å². The lowest BCUT2D eigenvalue weighted by atomic mass is 10.2. The molecule has 0 spiro atoms. The summed E-state index contributed by atoms with van der Waals surface area (Å²) < 4.78 is 0.774. The highest BCUT2D eigenvalue weighted by Crippen LogP contribution is 2.23. The quantitative estimate of drug-likeness (QED) is 0.343. The first kappa shape index (κ1) is 19.8. The first-order valence-corrected chi connectivity index (χ1v) is 9.48. The Morgan fingerprint density at radius 1 is 1.25 bits per heavy atom. The maximum atomic E-state index is 11.7. The highest BCUT2D eigenvalue weighted by atomic mass is 79.9. The third kappa shape index (κ3) is 5.76. The molecular weight excluding hydrogens is 424 g/mol. The minimum atomic E-state index is -0.108. The first-order valence-electron chi connectivity index (χ1n) is 8.69. The molecule has 0 aliphatic rings. The van der Waals surface area contributed by atoms with Crippen molar-refractivity contribution < 1.29 is 4.79 Å². The summed E-state index contributed by atoms with van der Waals surface area (Å²) in [4.78, 5) is 27.6. The predicted octanol–water partition coefficient (Wildman–Crippen LogP) is 2.52. The van der Waals surface area contributed by atoms with Crippen LogP contribution in [0.1, 0.15) is 5.69 Å². The summed E-state index contributed by atoms with van der Waals surface area (Å²) in [5.41, 5.74) is 2.52. The lowest BCUT2D eigenvalue weighted by Gasteiger charge is -2.11. The Balaban J connectivity index is 1.63. The average Bonchev–Trinajstić information content (AvgIpc) is 3.18. The number of likely N-dealkylation sites (N-methyl/N-ethyl adjacent to an activating group) is 1. The van der Waals surface area contributed by atoms with Crippen LogP contribution in [0.15, 0.2) is 47.5 Å². The molecule has 0 radical (unpaired) electrons. The number of rotatable bonds is 9. The van der Waals surface area contributed by atoms with Gasteiger partial charge in [0.05, 0.1) is 17.3 Å². The number of halogens is 1. The maximum absolute atomic E-state index is 11.7. The number of nitrogens with one attached hydrogen (secondary N) is 5. The van der Waals surface area contributed by atoms with Crippen molar-refractivity contribution in [1.29, 1.82) is 0 Å². The number of hydrogen-bond acceptors (Lipinski definition) is 7. The second kappa shape index (κ2) is 9.81. The average molecular weight is 445 g/mol. The van der Waals surface area contributed by atoms with Crippen LogP contribution in [0.4, 0.5) is 23.1 Å². The molecule has 0 aliphatic carbocycles. The molecule has 5 N–H and O–H groups in total. The van der Waals surface area contributed by atoms with Gasteiger partial charge >= 0.3 is 0 Å². The van der Waals surface area contributed by atoms with Gasteiger partial charge in [-0.25, -0.2) is 9.97 Å². The van der Waals surface area contributed by atoms with Gasteiger partial charge in [-0.1, -0.05) is 6.07 Å². The summed E-state index contributed by atoms with van der Waals surface area (Å²) in [6.07, 6.45) is 5.94. The lowest BCUT2D eigenvalue weighted by molar-refractivity contribution is -0.115. The fraction of sp³-hybridized carbons (Fsp3) is 0.222. The number of aromatic nitrogens is 4. The Labute approximate surface area is 170 Å². The van der Waals surface area contributed by atoms with E-state index in [4.69, 9.17) is 0 Å². The van der Waals surface area contributed by atoms with E-state index in [0.29, 0.717) is 24.0 Å². The van der Waals surface area contributed by atoms with Crippen LogP contribution in [0.2, 0.25) is 0 Å². The number of H-pyrrole nitrogens is 1. The zero-order chi connectivity index (χ0) is 19.8. The zero-order valence-electron chi connectivity index (χ0n) is 15.3. The van der Waals surface area contributed by atoms with Crippen molar-refractivity contribution in [2.75, 3.05) is 36.1 Å². The topological polar surface area (TPSA) is 120 Å². The third-order valence-electron chi connectivity index (χ3n) is 3.73. The molecule has 0 unspecified atom stereocenters. The second-order valence-corrected chi connectivity index (χ2v) is 6.78. The summed E-state index contributed by atoms with van der Waals surface area (Å²) >= 11 is 3.46. The molecule has 9 nitrogen and oxygen atoms in total. The molecule has 28 heavy (non-hydrogen) atoms. The Kier molecular flexibility index (Phi) is 6.93. The maximum Gasteiger partial charge on any atom is 0.238 e. The standard InChI is InChI=1S/C18H21BrN8O/c1-20-10-16(28)25-12-3-2-4-13(7-12)26-18-23-9-15(19)17(27-18)22-6-5-14-8-21-11-24-14/h2-4,7-9,11,20H,5-6,10H2,1H3,(H,21,24)(H,25,28)(H2,22,23,26,27). The summed E-state index contributed by atoms with van der Waals surface area (Å²) in [6.45, 7) is 0.950. The van der Waals surface area contributed by atoms with Crippen LogP contribution in [-0.4, -0.2) is 46.0 Å². The second-order valence-electron chi connectivity index (χ2n) is 5.93.